The fourth-order valence-electron chi connectivity index (χ4n) is 4.53. The average Bonchev–Trinajstić information content (AvgIpc) is 3.57. The molecule has 0 unspecified atom stereocenters. The Morgan fingerprint density at radius 1 is 1.05 bits per heavy atom. The number of pyridine rings is 1. The van der Waals surface area contributed by atoms with Gasteiger partial charge in [0.05, 0.1) is 25.5 Å². The highest BCUT2D eigenvalue weighted by Crippen LogP contribution is 2.32. The number of methoxy groups -OCH3 is 1. The van der Waals surface area contributed by atoms with Crippen LogP contribution in [-0.2, 0) is 18.6 Å². The van der Waals surface area contributed by atoms with Crippen molar-refractivity contribution in [2.45, 2.75) is 45.4 Å². The van der Waals surface area contributed by atoms with Crippen molar-refractivity contribution in [1.82, 2.24) is 30.1 Å². The fraction of sp³-hybridized carbons (Fsp3) is 0.286. The maximum absolute atomic E-state index is 13.6. The van der Waals surface area contributed by atoms with Crippen LogP contribution >= 0.6 is 0 Å². The fourth-order valence-corrected chi connectivity index (χ4v) is 4.53. The van der Waals surface area contributed by atoms with E-state index in [0.29, 0.717) is 30.2 Å². The van der Waals surface area contributed by atoms with Gasteiger partial charge in [0.1, 0.15) is 17.6 Å². The van der Waals surface area contributed by atoms with Crippen LogP contribution in [0, 0.1) is 0 Å². The number of aromatic nitrogens is 5. The van der Waals surface area contributed by atoms with E-state index in [0.717, 1.165) is 22.2 Å². The van der Waals surface area contributed by atoms with Crippen molar-refractivity contribution in [3.63, 3.8) is 0 Å². The molecule has 1 atom stereocenters. The van der Waals surface area contributed by atoms with Crippen molar-refractivity contribution in [3.8, 4) is 5.75 Å². The van der Waals surface area contributed by atoms with E-state index in [-0.39, 0.29) is 5.56 Å². The van der Waals surface area contributed by atoms with Gasteiger partial charge in [-0.3, -0.25) is 9.69 Å². The summed E-state index contributed by atoms with van der Waals surface area (Å²) >= 11 is 0. The number of fused-ring (bicyclic) bond motifs is 1. The summed E-state index contributed by atoms with van der Waals surface area (Å²) in [5, 5.41) is 13.6. The summed E-state index contributed by atoms with van der Waals surface area (Å²) in [4.78, 5) is 18.8. The molecule has 0 aliphatic heterocycles. The largest absolute Gasteiger partial charge is 0.497 e. The molecule has 9 nitrogen and oxygen atoms in total. The van der Waals surface area contributed by atoms with Gasteiger partial charge in [0.25, 0.3) is 5.56 Å². The second-order valence-corrected chi connectivity index (χ2v) is 10.00. The van der Waals surface area contributed by atoms with Crippen molar-refractivity contribution in [2.75, 3.05) is 7.11 Å². The van der Waals surface area contributed by atoms with Crippen LogP contribution < -0.4 is 10.3 Å². The van der Waals surface area contributed by atoms with Gasteiger partial charge in [-0.05, 0) is 73.2 Å². The quantitative estimate of drug-likeness (QED) is 0.332. The molecule has 0 spiro atoms. The number of ether oxygens (including phenoxy) is 1. The normalized spacial score (nSPS) is 12.8. The summed E-state index contributed by atoms with van der Waals surface area (Å²) < 4.78 is 12.9. The minimum atomic E-state index is -0.570. The molecule has 3 aromatic heterocycles. The third kappa shape index (κ3) is 5.17. The van der Waals surface area contributed by atoms with E-state index in [1.54, 1.807) is 18.1 Å². The molecule has 0 aliphatic rings. The monoisotopic (exact) mass is 498 g/mol. The highest BCUT2D eigenvalue weighted by molar-refractivity contribution is 5.80. The molecule has 0 amide bonds. The summed E-state index contributed by atoms with van der Waals surface area (Å²) in [6.45, 7) is 7.09. The van der Waals surface area contributed by atoms with Gasteiger partial charge in [-0.15, -0.1) is 5.10 Å². The molecule has 37 heavy (non-hydrogen) atoms. The second kappa shape index (κ2) is 10.0. The number of aromatic amines is 1. The lowest BCUT2D eigenvalue weighted by Crippen LogP contribution is -2.37. The second-order valence-electron chi connectivity index (χ2n) is 10.00. The van der Waals surface area contributed by atoms with Gasteiger partial charge in [0.15, 0.2) is 5.82 Å². The Bertz CT molecular complexity index is 1530. The van der Waals surface area contributed by atoms with E-state index in [4.69, 9.17) is 9.15 Å². The lowest BCUT2D eigenvalue weighted by atomic mass is 10.0. The first-order valence-corrected chi connectivity index (χ1v) is 12.1. The van der Waals surface area contributed by atoms with E-state index in [9.17, 15) is 4.79 Å². The number of benzene rings is 2. The number of tetrazole rings is 1. The number of hydrogen-bond donors (Lipinski definition) is 1. The molecule has 190 valence electrons. The van der Waals surface area contributed by atoms with Crippen molar-refractivity contribution in [3.05, 3.63) is 106 Å². The molecular formula is C28H30N6O3. The predicted octanol–water partition coefficient (Wildman–Crippen LogP) is 4.66. The van der Waals surface area contributed by atoms with Crippen LogP contribution in [-0.4, -0.2) is 37.2 Å². The van der Waals surface area contributed by atoms with Crippen molar-refractivity contribution < 1.29 is 9.15 Å². The Morgan fingerprint density at radius 3 is 2.57 bits per heavy atom. The number of nitrogens with one attached hydrogen (secondary N) is 1. The van der Waals surface area contributed by atoms with Gasteiger partial charge in [0.2, 0.25) is 0 Å². The molecule has 0 radical (unpaired) electrons. The summed E-state index contributed by atoms with van der Waals surface area (Å²) in [6, 6.07) is 20.8. The van der Waals surface area contributed by atoms with Crippen LogP contribution in [0.1, 0.15) is 49.5 Å². The van der Waals surface area contributed by atoms with Crippen LogP contribution in [0.3, 0.4) is 0 Å². The number of H-pyrrole nitrogens is 1. The standard InChI is InChI=1S/C28H30N6O3/c1-28(2,3)34-26(30-31-32-34)25(23-16-20-15-21(36-4)12-13-24(20)29-27(23)35)33(18-22-11-8-14-37-22)17-19-9-6-5-7-10-19/h5-16,25H,17-18H2,1-4H3,(H,29,35)/t25-/m1/s1. The maximum Gasteiger partial charge on any atom is 0.253 e. The molecule has 2 aromatic carbocycles. The minimum absolute atomic E-state index is 0.205. The molecular weight excluding hydrogens is 468 g/mol. The van der Waals surface area contributed by atoms with E-state index >= 15 is 0 Å². The lowest BCUT2D eigenvalue weighted by Gasteiger charge is -2.32. The lowest BCUT2D eigenvalue weighted by molar-refractivity contribution is 0.171. The van der Waals surface area contributed by atoms with Crippen LogP contribution in [0.25, 0.3) is 10.9 Å². The first-order valence-electron chi connectivity index (χ1n) is 12.1. The zero-order valence-corrected chi connectivity index (χ0v) is 21.4. The zero-order valence-electron chi connectivity index (χ0n) is 21.4. The van der Waals surface area contributed by atoms with Gasteiger partial charge < -0.3 is 14.1 Å². The van der Waals surface area contributed by atoms with Crippen molar-refractivity contribution >= 4 is 10.9 Å². The molecule has 1 N–H and O–H groups in total. The summed E-state index contributed by atoms with van der Waals surface area (Å²) in [5.41, 5.74) is 1.73. The zero-order chi connectivity index (χ0) is 26.0. The minimum Gasteiger partial charge on any atom is -0.497 e. The third-order valence-electron chi connectivity index (χ3n) is 6.28. The predicted molar refractivity (Wildman–Crippen MR) is 140 cm³/mol. The number of nitrogens with zero attached hydrogens (tertiary/aromatic N) is 5. The van der Waals surface area contributed by atoms with Gasteiger partial charge in [0, 0.05) is 23.0 Å². The van der Waals surface area contributed by atoms with Crippen LogP contribution in [0.4, 0.5) is 0 Å². The van der Waals surface area contributed by atoms with E-state index in [2.05, 4.69) is 37.5 Å². The van der Waals surface area contributed by atoms with Gasteiger partial charge >= 0.3 is 0 Å². The Hall–Kier alpha value is -4.24. The highest BCUT2D eigenvalue weighted by Gasteiger charge is 2.34. The third-order valence-corrected chi connectivity index (χ3v) is 6.28. The smallest absolute Gasteiger partial charge is 0.253 e. The summed E-state index contributed by atoms with van der Waals surface area (Å²) in [5.74, 6) is 2.05. The Kier molecular flexibility index (Phi) is 6.62. The molecule has 0 fully saturated rings. The average molecular weight is 499 g/mol. The first kappa shape index (κ1) is 24.5. The highest BCUT2D eigenvalue weighted by atomic mass is 16.5. The maximum atomic E-state index is 13.6. The van der Waals surface area contributed by atoms with Crippen LogP contribution in [0.2, 0.25) is 0 Å². The Balaban J connectivity index is 1.73. The van der Waals surface area contributed by atoms with Gasteiger partial charge in [-0.25, -0.2) is 4.68 Å². The SMILES string of the molecule is COc1ccc2[nH]c(=O)c([C@H](c3nnnn3C(C)(C)C)N(Cc3ccccc3)Cc3ccco3)cc2c1. The van der Waals surface area contributed by atoms with Gasteiger partial charge in [-0.2, -0.15) is 0 Å². The molecule has 3 heterocycles. The van der Waals surface area contributed by atoms with Crippen LogP contribution in [0.15, 0.2) is 82.2 Å². The molecule has 0 saturated heterocycles. The topological polar surface area (TPSA) is 102 Å². The molecule has 5 aromatic rings. The van der Waals surface area contributed by atoms with Gasteiger partial charge in [-0.1, -0.05) is 30.3 Å². The number of furan rings is 1. The Morgan fingerprint density at radius 2 is 1.86 bits per heavy atom. The van der Waals surface area contributed by atoms with E-state index in [1.807, 2.05) is 75.4 Å². The first-order chi connectivity index (χ1) is 17.8. The van der Waals surface area contributed by atoms with Crippen molar-refractivity contribution in [1.29, 1.82) is 0 Å². The molecule has 0 bridgehead atoms. The number of hydrogen-bond acceptors (Lipinski definition) is 7. The van der Waals surface area contributed by atoms with E-state index in [1.165, 1.54) is 0 Å². The Labute approximate surface area is 214 Å². The summed E-state index contributed by atoms with van der Waals surface area (Å²) in [7, 11) is 1.62. The molecule has 9 heteroatoms. The number of rotatable bonds is 8. The molecule has 0 saturated carbocycles. The van der Waals surface area contributed by atoms with Crippen molar-refractivity contribution in [2.24, 2.45) is 0 Å². The van der Waals surface area contributed by atoms with E-state index < -0.39 is 11.6 Å². The molecule has 0 aliphatic carbocycles. The summed E-state index contributed by atoms with van der Waals surface area (Å²) in [6.07, 6.45) is 1.65. The van der Waals surface area contributed by atoms with Crippen LogP contribution in [0.5, 0.6) is 5.75 Å². The molecule has 5 rings (SSSR count).